The van der Waals surface area contributed by atoms with E-state index in [4.69, 9.17) is 11.3 Å². The highest BCUT2D eigenvalue weighted by atomic mass is 16.5. The van der Waals surface area contributed by atoms with Crippen LogP contribution in [0.4, 0.5) is 5.69 Å². The van der Waals surface area contributed by atoms with E-state index in [0.717, 1.165) is 5.39 Å². The Labute approximate surface area is 98.7 Å². The van der Waals surface area contributed by atoms with Crippen molar-refractivity contribution in [1.82, 2.24) is 4.98 Å². The summed E-state index contributed by atoms with van der Waals surface area (Å²) in [5.74, 6) is 0.458. The van der Waals surface area contributed by atoms with Crippen LogP contribution in [0.15, 0.2) is 29.2 Å². The van der Waals surface area contributed by atoms with E-state index in [1.807, 2.05) is 13.8 Å². The fourth-order valence-electron chi connectivity index (χ4n) is 1.64. The van der Waals surface area contributed by atoms with Crippen LogP contribution in [0.5, 0.6) is 5.75 Å². The molecule has 1 aromatic heterocycles. The number of benzene rings is 1. The first kappa shape index (κ1) is 11.2. The molecule has 0 spiro atoms. The zero-order valence-electron chi connectivity index (χ0n) is 9.65. The van der Waals surface area contributed by atoms with Gasteiger partial charge in [0.2, 0.25) is 5.69 Å². The molecule has 0 fully saturated rings. The smallest absolute Gasteiger partial charge is 0.255 e. The monoisotopic (exact) mass is 228 g/mol. The molecule has 0 radical (unpaired) electrons. The molecule has 2 aromatic rings. The summed E-state index contributed by atoms with van der Waals surface area (Å²) in [6.07, 6.45) is 1.54. The van der Waals surface area contributed by atoms with Crippen LogP contribution < -0.4 is 10.3 Å². The molecule has 0 bridgehead atoms. The molecule has 0 aliphatic heterocycles. The predicted molar refractivity (Wildman–Crippen MR) is 66.6 cm³/mol. The van der Waals surface area contributed by atoms with Gasteiger partial charge in [-0.15, -0.1) is 0 Å². The zero-order chi connectivity index (χ0) is 12.4. The summed E-state index contributed by atoms with van der Waals surface area (Å²) in [6.45, 7) is 10.9. The Bertz CT molecular complexity index is 650. The van der Waals surface area contributed by atoms with Crippen molar-refractivity contribution in [3.8, 4) is 5.75 Å². The highest BCUT2D eigenvalue weighted by Gasteiger charge is 2.09. The first-order valence-corrected chi connectivity index (χ1v) is 5.31. The molecular formula is C13H12N2O2. The number of nitrogens with zero attached hydrogens (tertiary/aromatic N) is 1. The predicted octanol–water partition coefficient (Wildman–Crippen LogP) is 2.87. The number of rotatable bonds is 2. The molecule has 1 aromatic carbocycles. The van der Waals surface area contributed by atoms with E-state index in [1.54, 1.807) is 24.4 Å². The molecule has 0 atom stereocenters. The summed E-state index contributed by atoms with van der Waals surface area (Å²) in [5, 5.41) is 1.28. The molecule has 0 saturated heterocycles. The Hall–Kier alpha value is -2.28. The Kier molecular flexibility index (Phi) is 2.84. The van der Waals surface area contributed by atoms with Crippen LogP contribution in [0.25, 0.3) is 15.6 Å². The van der Waals surface area contributed by atoms with Crippen LogP contribution in [-0.4, -0.2) is 11.1 Å². The van der Waals surface area contributed by atoms with Gasteiger partial charge in [-0.1, -0.05) is 0 Å². The lowest BCUT2D eigenvalue weighted by Gasteiger charge is -2.12. The van der Waals surface area contributed by atoms with Crippen molar-refractivity contribution in [2.75, 3.05) is 0 Å². The van der Waals surface area contributed by atoms with E-state index in [1.165, 1.54) is 0 Å². The van der Waals surface area contributed by atoms with Crippen LogP contribution in [-0.2, 0) is 0 Å². The fraction of sp³-hybridized carbons (Fsp3) is 0.231. The van der Waals surface area contributed by atoms with Gasteiger partial charge >= 0.3 is 0 Å². The first-order chi connectivity index (χ1) is 8.11. The summed E-state index contributed by atoms with van der Waals surface area (Å²) in [4.78, 5) is 17.6. The minimum Gasteiger partial charge on any atom is -0.502 e. The minimum atomic E-state index is -0.173. The van der Waals surface area contributed by atoms with Gasteiger partial charge in [-0.05, 0) is 37.4 Å². The van der Waals surface area contributed by atoms with E-state index in [0.29, 0.717) is 16.8 Å². The van der Waals surface area contributed by atoms with Gasteiger partial charge in [-0.2, -0.15) is 0 Å². The number of pyridine rings is 1. The van der Waals surface area contributed by atoms with E-state index in [-0.39, 0.29) is 11.7 Å². The molecule has 86 valence electrons. The molecule has 0 aliphatic carbocycles. The summed E-state index contributed by atoms with van der Waals surface area (Å²) in [6, 6.07) is 5.07. The van der Waals surface area contributed by atoms with Gasteiger partial charge < -0.3 is 9.72 Å². The second-order valence-electron chi connectivity index (χ2n) is 3.99. The van der Waals surface area contributed by atoms with Crippen LogP contribution in [0.3, 0.4) is 0 Å². The molecule has 2 rings (SSSR count). The lowest BCUT2D eigenvalue weighted by Crippen LogP contribution is -2.08. The average Bonchev–Trinajstić information content (AvgIpc) is 2.29. The third-order valence-corrected chi connectivity index (χ3v) is 2.34. The van der Waals surface area contributed by atoms with Crippen molar-refractivity contribution in [3.05, 3.63) is 46.2 Å². The molecule has 0 saturated carbocycles. The second kappa shape index (κ2) is 4.30. The summed E-state index contributed by atoms with van der Waals surface area (Å²) in [7, 11) is 0. The topological polar surface area (TPSA) is 46.5 Å². The maximum Gasteiger partial charge on any atom is 0.255 e. The Morgan fingerprint density at radius 1 is 1.41 bits per heavy atom. The molecule has 4 heteroatoms. The van der Waals surface area contributed by atoms with Crippen molar-refractivity contribution >= 4 is 16.5 Å². The highest BCUT2D eigenvalue weighted by molar-refractivity contribution is 5.88. The molecule has 0 aliphatic rings. The number of nitrogens with one attached hydrogen (secondary N) is 1. The molecule has 0 unspecified atom stereocenters. The zero-order valence-corrected chi connectivity index (χ0v) is 9.65. The van der Waals surface area contributed by atoms with E-state index >= 15 is 0 Å². The van der Waals surface area contributed by atoms with Crippen molar-refractivity contribution in [1.29, 1.82) is 0 Å². The quantitative estimate of drug-likeness (QED) is 0.803. The third-order valence-electron chi connectivity index (χ3n) is 2.34. The standard InChI is InChI=1S/C13H12N2O2/c1-8(2)17-12-7-10-9(6-11(12)14-3)4-5-15-13(10)16/h4-8H,1-2H3,(H,15,16). The maximum atomic E-state index is 11.6. The highest BCUT2D eigenvalue weighted by Crippen LogP contribution is 2.32. The summed E-state index contributed by atoms with van der Waals surface area (Å²) < 4.78 is 5.53. The number of hydrogen-bond acceptors (Lipinski definition) is 2. The summed E-state index contributed by atoms with van der Waals surface area (Å²) >= 11 is 0. The van der Waals surface area contributed by atoms with E-state index in [2.05, 4.69) is 9.83 Å². The first-order valence-electron chi connectivity index (χ1n) is 5.31. The Morgan fingerprint density at radius 2 is 2.18 bits per heavy atom. The van der Waals surface area contributed by atoms with Crippen molar-refractivity contribution in [3.63, 3.8) is 0 Å². The van der Waals surface area contributed by atoms with Crippen LogP contribution in [0, 0.1) is 6.57 Å². The van der Waals surface area contributed by atoms with Gasteiger partial charge in [0.1, 0.15) is 5.75 Å². The third kappa shape index (κ3) is 2.13. The maximum absolute atomic E-state index is 11.6. The number of hydrogen-bond donors (Lipinski definition) is 1. The van der Waals surface area contributed by atoms with Gasteiger partial charge in [-0.25, -0.2) is 4.85 Å². The van der Waals surface area contributed by atoms with Crippen LogP contribution in [0.1, 0.15) is 13.8 Å². The molecule has 4 nitrogen and oxygen atoms in total. The Morgan fingerprint density at radius 3 is 2.82 bits per heavy atom. The molecule has 1 N–H and O–H groups in total. The Balaban J connectivity index is 2.71. The number of fused-ring (bicyclic) bond motifs is 1. The lowest BCUT2D eigenvalue weighted by atomic mass is 10.1. The molecule has 1 heterocycles. The SMILES string of the molecule is [C-]#[N+]c1cc2cc[nH]c(=O)c2cc1OC(C)C. The van der Waals surface area contributed by atoms with Gasteiger partial charge in [0.25, 0.3) is 5.56 Å². The van der Waals surface area contributed by atoms with Crippen molar-refractivity contribution in [2.24, 2.45) is 0 Å². The van der Waals surface area contributed by atoms with Crippen molar-refractivity contribution < 1.29 is 4.74 Å². The number of H-pyrrole nitrogens is 1. The van der Waals surface area contributed by atoms with Gasteiger partial charge in [-0.3, -0.25) is 4.79 Å². The second-order valence-corrected chi connectivity index (χ2v) is 3.99. The number of aromatic nitrogens is 1. The van der Waals surface area contributed by atoms with Gasteiger partial charge in [0, 0.05) is 11.6 Å². The minimum absolute atomic E-state index is 0.0317. The normalized spacial score (nSPS) is 10.5. The largest absolute Gasteiger partial charge is 0.502 e. The number of aromatic amines is 1. The van der Waals surface area contributed by atoms with Crippen LogP contribution in [0.2, 0.25) is 0 Å². The van der Waals surface area contributed by atoms with Crippen molar-refractivity contribution in [2.45, 2.75) is 20.0 Å². The number of ether oxygens (including phenoxy) is 1. The van der Waals surface area contributed by atoms with Gasteiger partial charge in [0.05, 0.1) is 12.7 Å². The summed E-state index contributed by atoms with van der Waals surface area (Å²) in [5.41, 5.74) is 0.254. The molecule has 17 heavy (non-hydrogen) atoms. The van der Waals surface area contributed by atoms with E-state index in [9.17, 15) is 4.79 Å². The molecular weight excluding hydrogens is 216 g/mol. The fourth-order valence-corrected chi connectivity index (χ4v) is 1.64. The van der Waals surface area contributed by atoms with E-state index < -0.39 is 0 Å². The van der Waals surface area contributed by atoms with Gasteiger partial charge in [0.15, 0.2) is 0 Å². The molecule has 0 amide bonds. The average molecular weight is 228 g/mol. The lowest BCUT2D eigenvalue weighted by molar-refractivity contribution is 0.244. The van der Waals surface area contributed by atoms with Crippen LogP contribution >= 0.6 is 0 Å².